The van der Waals surface area contributed by atoms with Crippen LogP contribution < -0.4 is 10.6 Å². The van der Waals surface area contributed by atoms with Gasteiger partial charge in [0.05, 0.1) is 11.4 Å². The van der Waals surface area contributed by atoms with Crippen molar-refractivity contribution in [1.29, 1.82) is 0 Å². The van der Waals surface area contributed by atoms with Crippen molar-refractivity contribution in [2.24, 2.45) is 5.73 Å². The molecule has 2 N–H and O–H groups in total. The molecule has 8 heteroatoms. The zero-order chi connectivity index (χ0) is 21.1. The van der Waals surface area contributed by atoms with E-state index < -0.39 is 0 Å². The number of aromatic nitrogens is 3. The van der Waals surface area contributed by atoms with Gasteiger partial charge < -0.3 is 15.2 Å². The van der Waals surface area contributed by atoms with Gasteiger partial charge in [0.25, 0.3) is 0 Å². The molecule has 0 aliphatic heterocycles. The molecule has 2 aromatic carbocycles. The average Bonchev–Trinajstić information content (AvgIpc) is 3.51. The van der Waals surface area contributed by atoms with Crippen LogP contribution >= 0.6 is 11.8 Å². The van der Waals surface area contributed by atoms with Gasteiger partial charge in [-0.25, -0.2) is 0 Å². The Morgan fingerprint density at radius 2 is 1.93 bits per heavy atom. The number of thioether (sulfide) groups is 1. The number of hydrogen-bond acceptors (Lipinski definition) is 5. The number of benzene rings is 2. The Morgan fingerprint density at radius 1 is 1.17 bits per heavy atom. The van der Waals surface area contributed by atoms with Crippen LogP contribution in [0.25, 0.3) is 10.8 Å². The van der Waals surface area contributed by atoms with Gasteiger partial charge in [0.2, 0.25) is 11.8 Å². The van der Waals surface area contributed by atoms with Crippen LogP contribution in [0.3, 0.4) is 0 Å². The van der Waals surface area contributed by atoms with Crippen LogP contribution in [0.5, 0.6) is 0 Å². The Bertz CT molecular complexity index is 1070. The van der Waals surface area contributed by atoms with Crippen molar-refractivity contribution in [2.75, 3.05) is 17.2 Å². The molecule has 0 unspecified atom stereocenters. The first kappa shape index (κ1) is 20.4. The van der Waals surface area contributed by atoms with E-state index in [1.54, 1.807) is 0 Å². The highest BCUT2D eigenvalue weighted by Crippen LogP contribution is 2.39. The molecule has 0 saturated heterocycles. The third-order valence-corrected chi connectivity index (χ3v) is 6.17. The lowest BCUT2D eigenvalue weighted by molar-refractivity contribution is -0.118. The van der Waals surface area contributed by atoms with Crippen LogP contribution in [0.15, 0.2) is 47.6 Å². The van der Waals surface area contributed by atoms with Crippen molar-refractivity contribution >= 4 is 40.0 Å². The molecular formula is C22H25N5O2S. The number of primary amides is 1. The molecule has 1 saturated carbocycles. The molecule has 0 spiro atoms. The summed E-state index contributed by atoms with van der Waals surface area (Å²) in [5, 5.41) is 11.5. The van der Waals surface area contributed by atoms with Crippen LogP contribution in [0.4, 0.5) is 5.69 Å². The molecule has 156 valence electrons. The van der Waals surface area contributed by atoms with E-state index in [0.717, 1.165) is 40.3 Å². The van der Waals surface area contributed by atoms with E-state index in [-0.39, 0.29) is 24.0 Å². The van der Waals surface area contributed by atoms with Gasteiger partial charge in [-0.05, 0) is 31.2 Å². The number of carbonyl (C=O) groups excluding carboxylic acids is 2. The number of nitrogens with two attached hydrogens (primary N) is 1. The molecule has 30 heavy (non-hydrogen) atoms. The number of rotatable bonds is 9. The molecule has 1 fully saturated rings. The lowest BCUT2D eigenvalue weighted by atomic mass is 10.1. The predicted molar refractivity (Wildman–Crippen MR) is 119 cm³/mol. The number of fused-ring (bicyclic) bond motifs is 1. The summed E-state index contributed by atoms with van der Waals surface area (Å²) in [6.45, 7) is 2.57. The van der Waals surface area contributed by atoms with Gasteiger partial charge in [-0.1, -0.05) is 48.2 Å². The van der Waals surface area contributed by atoms with E-state index in [4.69, 9.17) is 5.73 Å². The van der Waals surface area contributed by atoms with Crippen LogP contribution in [-0.2, 0) is 16.0 Å². The molecule has 0 atom stereocenters. The van der Waals surface area contributed by atoms with E-state index >= 15 is 0 Å². The molecule has 1 aromatic heterocycles. The fourth-order valence-corrected chi connectivity index (χ4v) is 4.54. The third-order valence-electron chi connectivity index (χ3n) is 5.24. The molecule has 2 amide bonds. The van der Waals surface area contributed by atoms with Gasteiger partial charge in [0.15, 0.2) is 5.16 Å². The SMILES string of the molecule is CCN(C(=O)CSc1nnc(CCC(N)=O)n1C1CC1)c1cccc2ccccc12. The Morgan fingerprint density at radius 3 is 2.67 bits per heavy atom. The van der Waals surface area contributed by atoms with Gasteiger partial charge in [-0.3, -0.25) is 9.59 Å². The van der Waals surface area contributed by atoms with Gasteiger partial charge in [0.1, 0.15) is 5.82 Å². The zero-order valence-electron chi connectivity index (χ0n) is 17.0. The normalized spacial score (nSPS) is 13.5. The molecule has 0 radical (unpaired) electrons. The standard InChI is InChI=1S/C22H25N5O2S/c1-2-26(18-9-5-7-15-6-3-4-8-17(15)18)21(29)14-30-22-25-24-20(13-12-19(23)28)27(22)16-10-11-16/h3-9,16H,2,10-14H2,1H3,(H2,23,28). The minimum absolute atomic E-state index is 0.0304. The first-order chi connectivity index (χ1) is 14.6. The Labute approximate surface area is 179 Å². The van der Waals surface area contributed by atoms with E-state index in [9.17, 15) is 9.59 Å². The molecule has 0 bridgehead atoms. The Kier molecular flexibility index (Phi) is 6.03. The third kappa shape index (κ3) is 4.33. The number of anilines is 1. The van der Waals surface area contributed by atoms with Crippen LogP contribution in [0.1, 0.15) is 38.1 Å². The van der Waals surface area contributed by atoms with Crippen molar-refractivity contribution in [1.82, 2.24) is 14.8 Å². The molecule has 1 aliphatic carbocycles. The number of carbonyl (C=O) groups is 2. The minimum Gasteiger partial charge on any atom is -0.370 e. The highest BCUT2D eigenvalue weighted by atomic mass is 32.2. The second-order valence-electron chi connectivity index (χ2n) is 7.39. The molecule has 3 aromatic rings. The van der Waals surface area contributed by atoms with E-state index in [2.05, 4.69) is 26.9 Å². The van der Waals surface area contributed by atoms with Gasteiger partial charge in [0, 0.05) is 30.8 Å². The average molecular weight is 424 g/mol. The van der Waals surface area contributed by atoms with Crippen molar-refractivity contribution in [3.63, 3.8) is 0 Å². The monoisotopic (exact) mass is 423 g/mol. The molecule has 4 rings (SSSR count). The number of nitrogens with zero attached hydrogens (tertiary/aromatic N) is 4. The molecular weight excluding hydrogens is 398 g/mol. The van der Waals surface area contributed by atoms with E-state index in [1.807, 2.05) is 42.2 Å². The van der Waals surface area contributed by atoms with Crippen molar-refractivity contribution < 1.29 is 9.59 Å². The van der Waals surface area contributed by atoms with E-state index in [1.165, 1.54) is 11.8 Å². The number of aryl methyl sites for hydroxylation is 1. The quantitative estimate of drug-likeness (QED) is 0.533. The van der Waals surface area contributed by atoms with Crippen molar-refractivity contribution in [2.45, 2.75) is 43.8 Å². The van der Waals surface area contributed by atoms with Crippen LogP contribution in [0, 0.1) is 0 Å². The number of hydrogen-bond donors (Lipinski definition) is 1. The minimum atomic E-state index is -0.349. The van der Waals surface area contributed by atoms with Gasteiger partial charge >= 0.3 is 0 Å². The smallest absolute Gasteiger partial charge is 0.237 e. The molecule has 1 heterocycles. The maximum Gasteiger partial charge on any atom is 0.237 e. The first-order valence-corrected chi connectivity index (χ1v) is 11.2. The van der Waals surface area contributed by atoms with E-state index in [0.29, 0.717) is 19.0 Å². The second-order valence-corrected chi connectivity index (χ2v) is 8.33. The predicted octanol–water partition coefficient (Wildman–Crippen LogP) is 3.33. The lowest BCUT2D eigenvalue weighted by Crippen LogP contribution is -2.32. The summed E-state index contributed by atoms with van der Waals surface area (Å²) < 4.78 is 2.08. The maximum absolute atomic E-state index is 13.1. The lowest BCUT2D eigenvalue weighted by Gasteiger charge is -2.22. The summed E-state index contributed by atoms with van der Waals surface area (Å²) in [4.78, 5) is 26.1. The summed E-state index contributed by atoms with van der Waals surface area (Å²) >= 11 is 1.40. The summed E-state index contributed by atoms with van der Waals surface area (Å²) in [6, 6.07) is 14.5. The fourth-order valence-electron chi connectivity index (χ4n) is 3.64. The highest BCUT2D eigenvalue weighted by molar-refractivity contribution is 7.99. The Balaban J connectivity index is 1.50. The fraction of sp³-hybridized carbons (Fsp3) is 0.364. The van der Waals surface area contributed by atoms with Gasteiger partial charge in [-0.15, -0.1) is 10.2 Å². The largest absolute Gasteiger partial charge is 0.370 e. The summed E-state index contributed by atoms with van der Waals surface area (Å²) in [6.07, 6.45) is 2.87. The van der Waals surface area contributed by atoms with Crippen LogP contribution in [-0.4, -0.2) is 38.9 Å². The second kappa shape index (κ2) is 8.87. The summed E-state index contributed by atoms with van der Waals surface area (Å²) in [7, 11) is 0. The van der Waals surface area contributed by atoms with Crippen molar-refractivity contribution in [3.05, 3.63) is 48.3 Å². The molecule has 7 nitrogen and oxygen atoms in total. The Hall–Kier alpha value is -2.87. The number of amides is 2. The maximum atomic E-state index is 13.1. The topological polar surface area (TPSA) is 94.1 Å². The van der Waals surface area contributed by atoms with Gasteiger partial charge in [-0.2, -0.15) is 0 Å². The highest BCUT2D eigenvalue weighted by Gasteiger charge is 2.30. The van der Waals surface area contributed by atoms with Crippen molar-refractivity contribution in [3.8, 4) is 0 Å². The molecule has 1 aliphatic rings. The summed E-state index contributed by atoms with van der Waals surface area (Å²) in [5.41, 5.74) is 6.20. The first-order valence-electron chi connectivity index (χ1n) is 10.2. The zero-order valence-corrected chi connectivity index (χ0v) is 17.8. The summed E-state index contributed by atoms with van der Waals surface area (Å²) in [5.74, 6) is 0.728. The van der Waals surface area contributed by atoms with Crippen LogP contribution in [0.2, 0.25) is 0 Å².